The fraction of sp³-hybridized carbons (Fsp3) is 0.667. The Labute approximate surface area is 67.2 Å². The van der Waals surface area contributed by atoms with Crippen LogP contribution in [0.25, 0.3) is 0 Å². The molecule has 1 atom stereocenters. The Morgan fingerprint density at radius 2 is 2.33 bits per heavy atom. The van der Waals surface area contributed by atoms with E-state index >= 15 is 0 Å². The van der Waals surface area contributed by atoms with Crippen molar-refractivity contribution in [3.05, 3.63) is 10.3 Å². The Bertz CT molecular complexity index is 144. The van der Waals surface area contributed by atoms with Crippen LogP contribution < -0.4 is 0 Å². The Balaban J connectivity index is 2.72. The van der Waals surface area contributed by atoms with Gasteiger partial charge in [0.1, 0.15) is 5.83 Å². The molecule has 0 heterocycles. The summed E-state index contributed by atoms with van der Waals surface area (Å²) in [6.45, 7) is 0. The summed E-state index contributed by atoms with van der Waals surface area (Å²) in [5, 5.41) is -0.126. The number of rotatable bonds is 0. The van der Waals surface area contributed by atoms with E-state index < -0.39 is 0 Å². The van der Waals surface area contributed by atoms with E-state index in [4.69, 9.17) is 11.6 Å². The molecule has 0 aromatic heterocycles. The van der Waals surface area contributed by atoms with Crippen molar-refractivity contribution in [1.82, 2.24) is 0 Å². The van der Waals surface area contributed by atoms with E-state index in [1.165, 1.54) is 0 Å². The molecule has 1 aliphatic carbocycles. The fourth-order valence-electron chi connectivity index (χ4n) is 0.853. The molecule has 0 saturated carbocycles. The standard InChI is InChI=1S/C6H7BrClF/c7-6-4(8)2-1-3-5(6)9/h4H,1-3H2. The molecule has 0 spiro atoms. The first-order chi connectivity index (χ1) is 4.22. The van der Waals surface area contributed by atoms with Crippen molar-refractivity contribution in [2.24, 2.45) is 0 Å². The Morgan fingerprint density at radius 1 is 1.67 bits per heavy atom. The van der Waals surface area contributed by atoms with Crippen LogP contribution in [-0.4, -0.2) is 5.38 Å². The second-order valence-corrected chi connectivity index (χ2v) is 3.49. The fourth-order valence-corrected chi connectivity index (χ4v) is 1.55. The zero-order valence-corrected chi connectivity index (χ0v) is 7.17. The molecule has 9 heavy (non-hydrogen) atoms. The predicted molar refractivity (Wildman–Crippen MR) is 40.6 cm³/mol. The number of halogens is 3. The Hall–Kier alpha value is 0.440. The molecule has 0 N–H and O–H groups in total. The first-order valence-corrected chi connectivity index (χ1v) is 4.13. The van der Waals surface area contributed by atoms with Gasteiger partial charge in [-0.15, -0.1) is 11.6 Å². The van der Waals surface area contributed by atoms with Crippen LogP contribution in [0.3, 0.4) is 0 Å². The molecule has 0 fully saturated rings. The lowest BCUT2D eigenvalue weighted by Gasteiger charge is -2.14. The highest BCUT2D eigenvalue weighted by Crippen LogP contribution is 2.33. The summed E-state index contributed by atoms with van der Waals surface area (Å²) in [4.78, 5) is 0. The van der Waals surface area contributed by atoms with Crippen LogP contribution >= 0.6 is 27.5 Å². The highest BCUT2D eigenvalue weighted by atomic mass is 79.9. The van der Waals surface area contributed by atoms with E-state index in [0.29, 0.717) is 10.9 Å². The zero-order chi connectivity index (χ0) is 6.85. The van der Waals surface area contributed by atoms with Gasteiger partial charge in [-0.3, -0.25) is 0 Å². The number of alkyl halides is 1. The van der Waals surface area contributed by atoms with Crippen molar-refractivity contribution < 1.29 is 4.39 Å². The lowest BCUT2D eigenvalue weighted by molar-refractivity contribution is 0.532. The van der Waals surface area contributed by atoms with Crippen LogP contribution in [0.15, 0.2) is 10.3 Å². The Morgan fingerprint density at radius 3 is 2.78 bits per heavy atom. The van der Waals surface area contributed by atoms with Crippen molar-refractivity contribution in [1.29, 1.82) is 0 Å². The molecule has 0 amide bonds. The van der Waals surface area contributed by atoms with E-state index in [1.807, 2.05) is 0 Å². The molecule has 0 aromatic rings. The van der Waals surface area contributed by atoms with Crippen LogP contribution in [0.1, 0.15) is 19.3 Å². The molecular formula is C6H7BrClF. The first-order valence-electron chi connectivity index (χ1n) is 2.90. The van der Waals surface area contributed by atoms with E-state index in [0.717, 1.165) is 12.8 Å². The SMILES string of the molecule is FC1=C(Br)C(Cl)CCC1. The summed E-state index contributed by atoms with van der Waals surface area (Å²) in [5.41, 5.74) is 0. The lowest BCUT2D eigenvalue weighted by Crippen LogP contribution is -2.05. The van der Waals surface area contributed by atoms with Crippen LogP contribution in [0.5, 0.6) is 0 Å². The van der Waals surface area contributed by atoms with Crippen molar-refractivity contribution in [2.45, 2.75) is 24.6 Å². The minimum Gasteiger partial charge on any atom is -0.211 e. The van der Waals surface area contributed by atoms with Crippen molar-refractivity contribution in [3.63, 3.8) is 0 Å². The summed E-state index contributed by atoms with van der Waals surface area (Å²) < 4.78 is 13.1. The van der Waals surface area contributed by atoms with Gasteiger partial charge < -0.3 is 0 Å². The average molecular weight is 213 g/mol. The minimum absolute atomic E-state index is 0.0822. The van der Waals surface area contributed by atoms with Crippen LogP contribution in [-0.2, 0) is 0 Å². The van der Waals surface area contributed by atoms with Gasteiger partial charge in [0.05, 0.1) is 5.38 Å². The van der Waals surface area contributed by atoms with Gasteiger partial charge in [-0.1, -0.05) is 15.9 Å². The minimum atomic E-state index is -0.126. The molecule has 1 rings (SSSR count). The van der Waals surface area contributed by atoms with Crippen LogP contribution in [0.4, 0.5) is 4.39 Å². The molecule has 0 nitrogen and oxygen atoms in total. The van der Waals surface area contributed by atoms with Crippen LogP contribution in [0, 0.1) is 0 Å². The van der Waals surface area contributed by atoms with Gasteiger partial charge in [-0.2, -0.15) is 0 Å². The molecule has 3 heteroatoms. The average Bonchev–Trinajstić information content (AvgIpc) is 1.83. The smallest absolute Gasteiger partial charge is 0.112 e. The second-order valence-electron chi connectivity index (χ2n) is 2.11. The summed E-state index contributed by atoms with van der Waals surface area (Å²) in [5.74, 6) is -0.0822. The lowest BCUT2D eigenvalue weighted by atomic mass is 10.1. The van der Waals surface area contributed by atoms with Gasteiger partial charge in [0, 0.05) is 10.9 Å². The normalized spacial score (nSPS) is 29.0. The molecule has 1 unspecified atom stereocenters. The van der Waals surface area contributed by atoms with Crippen molar-refractivity contribution in [2.75, 3.05) is 0 Å². The molecule has 1 aliphatic rings. The Kier molecular flexibility index (Phi) is 2.53. The third kappa shape index (κ3) is 1.68. The summed E-state index contributed by atoms with van der Waals surface area (Å²) in [6, 6.07) is 0. The van der Waals surface area contributed by atoms with E-state index in [9.17, 15) is 4.39 Å². The number of hydrogen-bond acceptors (Lipinski definition) is 0. The monoisotopic (exact) mass is 212 g/mol. The third-order valence-electron chi connectivity index (χ3n) is 1.39. The molecule has 0 saturated heterocycles. The van der Waals surface area contributed by atoms with Crippen molar-refractivity contribution >= 4 is 27.5 Å². The van der Waals surface area contributed by atoms with Gasteiger partial charge in [0.15, 0.2) is 0 Å². The summed E-state index contributed by atoms with van der Waals surface area (Å²) >= 11 is 8.81. The van der Waals surface area contributed by atoms with E-state index in [-0.39, 0.29) is 11.2 Å². The number of hydrogen-bond donors (Lipinski definition) is 0. The first kappa shape index (κ1) is 7.55. The number of allylic oxidation sites excluding steroid dienone is 2. The highest BCUT2D eigenvalue weighted by molar-refractivity contribution is 9.11. The quantitative estimate of drug-likeness (QED) is 0.541. The van der Waals surface area contributed by atoms with Gasteiger partial charge in [-0.05, 0) is 12.8 Å². The maximum Gasteiger partial charge on any atom is 0.112 e. The predicted octanol–water partition coefficient (Wildman–Crippen LogP) is 3.35. The van der Waals surface area contributed by atoms with Crippen molar-refractivity contribution in [3.8, 4) is 0 Å². The molecule has 0 bridgehead atoms. The molecule has 52 valence electrons. The van der Waals surface area contributed by atoms with Gasteiger partial charge >= 0.3 is 0 Å². The van der Waals surface area contributed by atoms with Gasteiger partial charge in [0.2, 0.25) is 0 Å². The summed E-state index contributed by atoms with van der Waals surface area (Å²) in [7, 11) is 0. The maximum absolute atomic E-state index is 12.6. The second kappa shape index (κ2) is 3.02. The van der Waals surface area contributed by atoms with E-state index in [1.54, 1.807) is 0 Å². The molecule has 0 radical (unpaired) electrons. The third-order valence-corrected chi connectivity index (χ3v) is 3.07. The zero-order valence-electron chi connectivity index (χ0n) is 4.83. The van der Waals surface area contributed by atoms with E-state index in [2.05, 4.69) is 15.9 Å². The largest absolute Gasteiger partial charge is 0.211 e. The molecule has 0 aliphatic heterocycles. The molecular weight excluding hydrogens is 206 g/mol. The maximum atomic E-state index is 12.6. The topological polar surface area (TPSA) is 0 Å². The highest BCUT2D eigenvalue weighted by Gasteiger charge is 2.18. The summed E-state index contributed by atoms with van der Waals surface area (Å²) in [6.07, 6.45) is 2.30. The van der Waals surface area contributed by atoms with Gasteiger partial charge in [-0.25, -0.2) is 4.39 Å². The van der Waals surface area contributed by atoms with Gasteiger partial charge in [0.25, 0.3) is 0 Å². The van der Waals surface area contributed by atoms with Crippen LogP contribution in [0.2, 0.25) is 0 Å². The molecule has 0 aromatic carbocycles.